The molecule has 1 aliphatic heterocycles. The molecule has 1 fully saturated rings. The maximum Gasteiger partial charge on any atom is 0.322 e. The summed E-state index contributed by atoms with van der Waals surface area (Å²) in [5.41, 5.74) is 4.18. The van der Waals surface area contributed by atoms with Crippen LogP contribution >= 0.6 is 0 Å². The number of nitrogens with zero attached hydrogens (tertiary/aromatic N) is 1. The molecule has 0 radical (unpaired) electrons. The Morgan fingerprint density at radius 3 is 2.21 bits per heavy atom. The first-order valence-corrected chi connectivity index (χ1v) is 8.01. The monoisotopic (exact) mass is 326 g/mol. The SMILES string of the molecule is Cc1ccc(-c2ccc(NC(=O)N(C)[C@H]3COC[C@@H]3O)cc2)cc1. The summed E-state index contributed by atoms with van der Waals surface area (Å²) in [5, 5.41) is 12.7. The number of hydrogen-bond donors (Lipinski definition) is 2. The maximum absolute atomic E-state index is 12.3. The van der Waals surface area contributed by atoms with Crippen LogP contribution in [0.25, 0.3) is 11.1 Å². The Kier molecular flexibility index (Phi) is 4.83. The third kappa shape index (κ3) is 3.58. The molecule has 1 aliphatic rings. The summed E-state index contributed by atoms with van der Waals surface area (Å²) in [4.78, 5) is 13.8. The van der Waals surface area contributed by atoms with E-state index in [2.05, 4.69) is 36.5 Å². The third-order valence-electron chi connectivity index (χ3n) is 4.36. The molecule has 0 saturated carbocycles. The first kappa shape index (κ1) is 16.5. The number of carbonyl (C=O) groups is 1. The molecular formula is C19H22N2O3. The normalized spacial score (nSPS) is 20.0. The molecule has 2 amide bonds. The summed E-state index contributed by atoms with van der Waals surface area (Å²) >= 11 is 0. The Morgan fingerprint density at radius 2 is 1.67 bits per heavy atom. The van der Waals surface area contributed by atoms with E-state index in [9.17, 15) is 9.90 Å². The van der Waals surface area contributed by atoms with Gasteiger partial charge >= 0.3 is 6.03 Å². The zero-order valence-corrected chi connectivity index (χ0v) is 13.9. The molecule has 126 valence electrons. The number of benzene rings is 2. The number of likely N-dealkylation sites (N-methyl/N-ethyl adjacent to an activating group) is 1. The van der Waals surface area contributed by atoms with Gasteiger partial charge in [-0.15, -0.1) is 0 Å². The second kappa shape index (κ2) is 7.03. The molecular weight excluding hydrogens is 304 g/mol. The van der Waals surface area contributed by atoms with Gasteiger partial charge in [0.05, 0.1) is 25.4 Å². The Bertz CT molecular complexity index is 698. The van der Waals surface area contributed by atoms with Crippen molar-refractivity contribution in [2.45, 2.75) is 19.1 Å². The van der Waals surface area contributed by atoms with Gasteiger partial charge in [-0.3, -0.25) is 0 Å². The number of ether oxygens (including phenoxy) is 1. The van der Waals surface area contributed by atoms with Crippen LogP contribution in [0.5, 0.6) is 0 Å². The number of aliphatic hydroxyl groups is 1. The van der Waals surface area contributed by atoms with Crippen molar-refractivity contribution >= 4 is 11.7 Å². The van der Waals surface area contributed by atoms with Gasteiger partial charge in [-0.1, -0.05) is 42.0 Å². The molecule has 0 bridgehead atoms. The van der Waals surface area contributed by atoms with Crippen LogP contribution in [-0.4, -0.2) is 48.4 Å². The lowest BCUT2D eigenvalue weighted by Gasteiger charge is -2.25. The number of aliphatic hydroxyl groups excluding tert-OH is 1. The standard InChI is InChI=1S/C19H22N2O3/c1-13-3-5-14(6-4-13)15-7-9-16(10-8-15)20-19(23)21(2)17-11-24-12-18(17)22/h3-10,17-18,22H,11-12H2,1-2H3,(H,20,23)/t17-,18-/m0/s1. The fraction of sp³-hybridized carbons (Fsp3) is 0.316. The average molecular weight is 326 g/mol. The highest BCUT2D eigenvalue weighted by molar-refractivity contribution is 5.89. The number of anilines is 1. The van der Waals surface area contributed by atoms with Gasteiger partial charge in [-0.05, 0) is 30.2 Å². The van der Waals surface area contributed by atoms with E-state index in [4.69, 9.17) is 4.74 Å². The Hall–Kier alpha value is -2.37. The zero-order chi connectivity index (χ0) is 17.1. The molecule has 1 saturated heterocycles. The average Bonchev–Trinajstić information content (AvgIpc) is 3.01. The number of hydrogen-bond acceptors (Lipinski definition) is 3. The van der Waals surface area contributed by atoms with E-state index < -0.39 is 6.10 Å². The predicted molar refractivity (Wildman–Crippen MR) is 94.0 cm³/mol. The molecule has 1 heterocycles. The van der Waals surface area contributed by atoms with Gasteiger partial charge in [0.1, 0.15) is 0 Å². The summed E-state index contributed by atoms with van der Waals surface area (Å²) in [6.07, 6.45) is -0.635. The van der Waals surface area contributed by atoms with Gasteiger partial charge in [0, 0.05) is 12.7 Å². The van der Waals surface area contributed by atoms with Crippen LogP contribution in [0.2, 0.25) is 0 Å². The molecule has 0 spiro atoms. The van der Waals surface area contributed by atoms with Crippen LogP contribution in [0.15, 0.2) is 48.5 Å². The summed E-state index contributed by atoms with van der Waals surface area (Å²) < 4.78 is 5.19. The molecule has 2 aromatic carbocycles. The zero-order valence-electron chi connectivity index (χ0n) is 13.9. The van der Waals surface area contributed by atoms with Crippen molar-refractivity contribution in [2.75, 3.05) is 25.6 Å². The van der Waals surface area contributed by atoms with E-state index in [1.165, 1.54) is 10.5 Å². The van der Waals surface area contributed by atoms with Crippen molar-refractivity contribution < 1.29 is 14.6 Å². The highest BCUT2D eigenvalue weighted by Crippen LogP contribution is 2.22. The van der Waals surface area contributed by atoms with E-state index in [0.29, 0.717) is 6.61 Å². The van der Waals surface area contributed by atoms with Crippen molar-refractivity contribution in [1.29, 1.82) is 0 Å². The number of aryl methyl sites for hydroxylation is 1. The molecule has 0 aromatic heterocycles. The van der Waals surface area contributed by atoms with Gasteiger partial charge in [0.15, 0.2) is 0 Å². The smallest absolute Gasteiger partial charge is 0.322 e. The quantitative estimate of drug-likeness (QED) is 0.912. The minimum Gasteiger partial charge on any atom is -0.388 e. The Morgan fingerprint density at radius 1 is 1.08 bits per heavy atom. The van der Waals surface area contributed by atoms with Gasteiger partial charge in [0.2, 0.25) is 0 Å². The van der Waals surface area contributed by atoms with Crippen LogP contribution in [-0.2, 0) is 4.74 Å². The lowest BCUT2D eigenvalue weighted by atomic mass is 10.0. The lowest BCUT2D eigenvalue weighted by molar-refractivity contribution is 0.106. The molecule has 2 atom stereocenters. The molecule has 2 N–H and O–H groups in total. The van der Waals surface area contributed by atoms with Gasteiger partial charge in [0.25, 0.3) is 0 Å². The van der Waals surface area contributed by atoms with Gasteiger partial charge in [-0.25, -0.2) is 4.79 Å². The van der Waals surface area contributed by atoms with Crippen molar-refractivity contribution in [3.05, 3.63) is 54.1 Å². The van der Waals surface area contributed by atoms with Crippen molar-refractivity contribution in [1.82, 2.24) is 4.90 Å². The van der Waals surface area contributed by atoms with Crippen LogP contribution < -0.4 is 5.32 Å². The number of rotatable bonds is 3. The fourth-order valence-electron chi connectivity index (χ4n) is 2.76. The highest BCUT2D eigenvalue weighted by atomic mass is 16.5. The first-order valence-electron chi connectivity index (χ1n) is 8.01. The van der Waals surface area contributed by atoms with Gasteiger partial charge < -0.3 is 20.1 Å². The number of carbonyl (C=O) groups excluding carboxylic acids is 1. The maximum atomic E-state index is 12.3. The predicted octanol–water partition coefficient (Wildman–Crippen LogP) is 2.89. The molecule has 0 aliphatic carbocycles. The van der Waals surface area contributed by atoms with Crippen molar-refractivity contribution in [3.8, 4) is 11.1 Å². The van der Waals surface area contributed by atoms with Crippen LogP contribution in [0, 0.1) is 6.92 Å². The molecule has 3 rings (SSSR count). The molecule has 5 heteroatoms. The topological polar surface area (TPSA) is 61.8 Å². The summed E-state index contributed by atoms with van der Waals surface area (Å²) in [6, 6.07) is 15.5. The highest BCUT2D eigenvalue weighted by Gasteiger charge is 2.32. The number of amides is 2. The van der Waals surface area contributed by atoms with Gasteiger partial charge in [-0.2, -0.15) is 0 Å². The van der Waals surface area contributed by atoms with Crippen LogP contribution in [0.4, 0.5) is 10.5 Å². The minimum absolute atomic E-state index is 0.257. The minimum atomic E-state index is -0.635. The molecule has 5 nitrogen and oxygen atoms in total. The van der Waals surface area contributed by atoms with E-state index in [1.54, 1.807) is 7.05 Å². The fourth-order valence-corrected chi connectivity index (χ4v) is 2.76. The Labute approximate surface area is 141 Å². The van der Waals surface area contributed by atoms with E-state index in [-0.39, 0.29) is 18.7 Å². The summed E-state index contributed by atoms with van der Waals surface area (Å²) in [5.74, 6) is 0. The van der Waals surface area contributed by atoms with Crippen molar-refractivity contribution in [2.24, 2.45) is 0 Å². The number of urea groups is 1. The summed E-state index contributed by atoms with van der Waals surface area (Å²) in [7, 11) is 1.67. The first-order chi connectivity index (χ1) is 11.5. The van der Waals surface area contributed by atoms with Crippen LogP contribution in [0.1, 0.15) is 5.56 Å². The number of nitrogens with one attached hydrogen (secondary N) is 1. The Balaban J connectivity index is 1.65. The van der Waals surface area contributed by atoms with E-state index >= 15 is 0 Å². The second-order valence-electron chi connectivity index (χ2n) is 6.16. The molecule has 24 heavy (non-hydrogen) atoms. The van der Waals surface area contributed by atoms with Crippen molar-refractivity contribution in [3.63, 3.8) is 0 Å². The summed E-state index contributed by atoms with van der Waals surface area (Å²) in [6.45, 7) is 2.69. The lowest BCUT2D eigenvalue weighted by Crippen LogP contribution is -2.45. The molecule has 0 unspecified atom stereocenters. The van der Waals surface area contributed by atoms with Crippen LogP contribution in [0.3, 0.4) is 0 Å². The third-order valence-corrected chi connectivity index (χ3v) is 4.36. The van der Waals surface area contributed by atoms with E-state index in [0.717, 1.165) is 16.8 Å². The largest absolute Gasteiger partial charge is 0.388 e. The second-order valence-corrected chi connectivity index (χ2v) is 6.16. The molecule has 2 aromatic rings. The van der Waals surface area contributed by atoms with E-state index in [1.807, 2.05) is 24.3 Å².